The van der Waals surface area contributed by atoms with Gasteiger partial charge in [-0.05, 0) is 6.42 Å². The predicted octanol–water partition coefficient (Wildman–Crippen LogP) is -8.65. The van der Waals surface area contributed by atoms with Crippen LogP contribution in [0.4, 0.5) is 0 Å². The second-order valence-electron chi connectivity index (χ2n) is 18.9. The summed E-state index contributed by atoms with van der Waals surface area (Å²) >= 11 is 0. The van der Waals surface area contributed by atoms with E-state index in [1.54, 1.807) is 0 Å². The summed E-state index contributed by atoms with van der Waals surface area (Å²) < 4.78 is 11.0. The number of carboxylic acid groups (broad SMARTS) is 1. The minimum absolute atomic E-state index is 0.00593. The molecule has 0 heterocycles. The molecule has 0 aliphatic carbocycles. The van der Waals surface area contributed by atoms with Crippen molar-refractivity contribution < 1.29 is 57.7 Å². The Hall–Kier alpha value is -0.312. The van der Waals surface area contributed by atoms with Gasteiger partial charge in [-0.2, -0.15) is 0 Å². The molecule has 5 N–H and O–H groups in total. The molecule has 382 valence electrons. The van der Waals surface area contributed by atoms with Gasteiger partial charge in [0, 0.05) is 19.6 Å². The number of carbonyl (C=O) groups is 9. The molecule has 0 bridgehead atoms. The summed E-state index contributed by atoms with van der Waals surface area (Å²) in [6.07, 6.45) is -3.15. The quantitative estimate of drug-likeness (QED) is 0.0252. The second-order valence-corrected chi connectivity index (χ2v) is 31.7. The van der Waals surface area contributed by atoms with Crippen LogP contribution in [-0.2, 0) is 52.6 Å². The summed E-state index contributed by atoms with van der Waals surface area (Å²) in [6, 6.07) is 8.20. The molecule has 0 spiro atoms. The zero-order valence-corrected chi connectivity index (χ0v) is 49.2. The summed E-state index contributed by atoms with van der Waals surface area (Å²) in [7, 11) is 84.6. The molecule has 81 heavy (non-hydrogen) atoms. The number of nitrogens with two attached hydrogens (primary N) is 1. The second kappa shape index (κ2) is 42.5. The Morgan fingerprint density at radius 3 is 1.20 bits per heavy atom. The van der Waals surface area contributed by atoms with Gasteiger partial charge in [0.05, 0.1) is 13.2 Å². The summed E-state index contributed by atoms with van der Waals surface area (Å²) in [4.78, 5) is 121. The zero-order chi connectivity index (χ0) is 62.1. The molecule has 0 saturated heterocycles. The van der Waals surface area contributed by atoms with Crippen molar-refractivity contribution in [1.29, 1.82) is 0 Å². The number of nitrogens with one attached hydrogen (secondary N) is 2. The van der Waals surface area contributed by atoms with Crippen molar-refractivity contribution in [3.63, 3.8) is 0 Å². The third-order valence-corrected chi connectivity index (χ3v) is 24.6. The summed E-state index contributed by atoms with van der Waals surface area (Å²) in [5.74, 6) is -14.8. The van der Waals surface area contributed by atoms with Crippen molar-refractivity contribution >= 4 is 283 Å². The molecule has 0 rings (SSSR count). The number of hydrogen-bond acceptors (Lipinski definition) is 13. The first-order valence-corrected chi connectivity index (χ1v) is 33.4. The van der Waals surface area contributed by atoms with Gasteiger partial charge in [-0.25, -0.2) is 0 Å². The molecule has 0 aromatic heterocycles. The standard InChI is InChI=1S/C34H51B28N3O12S4/c35-51-78(52-36,59(43)44)17-26(67)5-2-23(31(71)19-80(55-39,56-40)61(47)48)13-25(66)4-1-22(14-28(69)16-77-12-11-76-10-9-64-33(73)8-7-29(34(74)75)65-21-63)30(70)15-24(32(72)20-81(57-41,58-42)62(49)50)3-6-27(68)18-79(53-37,54-38)60(45)46/h22-24,29,65H,1-21,63H2,(H,64,73)(H,74,75). The van der Waals surface area contributed by atoms with E-state index in [4.69, 9.17) is 139 Å². The Kier molecular flexibility index (Phi) is 42.4. The van der Waals surface area contributed by atoms with Crippen LogP contribution in [0.15, 0.2) is 0 Å². The van der Waals surface area contributed by atoms with Crippen molar-refractivity contribution in [2.45, 2.75) is 76.7 Å². The first kappa shape index (κ1) is 80.7. The van der Waals surface area contributed by atoms with Crippen LogP contribution in [-0.4, -0.2) is 321 Å². The molecule has 0 aliphatic rings. The van der Waals surface area contributed by atoms with Gasteiger partial charge in [0.15, 0.2) is 0 Å². The van der Waals surface area contributed by atoms with Crippen molar-refractivity contribution in [2.24, 2.45) is 23.5 Å². The Balaban J connectivity index is 6.92. The number of carboxylic acids is 1. The van der Waals surface area contributed by atoms with Crippen molar-refractivity contribution in [1.82, 2.24) is 10.6 Å². The van der Waals surface area contributed by atoms with E-state index in [1.165, 1.54) is 12.1 Å². The molecular weight excluding hydrogens is 1070 g/mol. The molecule has 47 heteroatoms. The van der Waals surface area contributed by atoms with Crippen LogP contribution < -0.4 is 16.4 Å². The number of hydrogen-bond donors (Lipinski definition) is 4. The Labute approximate surface area is 509 Å². The normalized spacial score (nSPS) is 12.7. The maximum absolute atomic E-state index is 14.6. The topological polar surface area (TPSA) is 242 Å². The fourth-order valence-corrected chi connectivity index (χ4v) is 14.1. The molecule has 0 saturated carbocycles. The fourth-order valence-electron chi connectivity index (χ4n) is 7.85. The number of ketones is 7. The Morgan fingerprint density at radius 2 is 0.815 bits per heavy atom. The van der Waals surface area contributed by atoms with Gasteiger partial charge in [-0.15, -0.1) is 0 Å². The molecule has 1 amide bonds. The third kappa shape index (κ3) is 28.6. The molecule has 32 radical (unpaired) electrons. The van der Waals surface area contributed by atoms with Crippen LogP contribution in [0.5, 0.6) is 0 Å². The van der Waals surface area contributed by atoms with E-state index in [2.05, 4.69) is 10.6 Å². The summed E-state index contributed by atoms with van der Waals surface area (Å²) in [6.45, 7) is -0.600. The number of rotatable bonds is 44. The van der Waals surface area contributed by atoms with E-state index in [0.717, 1.165) is 36.3 Å². The van der Waals surface area contributed by atoms with E-state index < -0.39 is 166 Å². The molecule has 0 aliphatic heterocycles. The maximum atomic E-state index is 14.6. The average Bonchev–Trinajstić information content (AvgIpc) is 3.47. The van der Waals surface area contributed by atoms with Crippen molar-refractivity contribution in [3.05, 3.63) is 0 Å². The van der Waals surface area contributed by atoms with E-state index in [9.17, 15) is 48.3 Å². The van der Waals surface area contributed by atoms with Gasteiger partial charge in [-0.3, -0.25) is 14.9 Å². The first-order valence-electron chi connectivity index (χ1n) is 25.4. The number of Topliss-reactive ketones (excluding diaryl/α,β-unsaturated/α-hetero) is 7. The van der Waals surface area contributed by atoms with Gasteiger partial charge in [0.2, 0.25) is 5.91 Å². The third-order valence-electron chi connectivity index (χ3n) is 13.3. The van der Waals surface area contributed by atoms with Gasteiger partial charge >= 0.3 is 427 Å². The molecular formula is C34H51B28N3O12S4. The summed E-state index contributed by atoms with van der Waals surface area (Å²) in [5, 5.41) is 14.4. The number of carbonyl (C=O) groups excluding carboxylic acids is 8. The number of ether oxygens (including phenoxy) is 2. The molecule has 4 unspecified atom stereocenters. The first-order chi connectivity index (χ1) is 38.1. The van der Waals surface area contributed by atoms with Gasteiger partial charge in [0.25, 0.3) is 0 Å². The van der Waals surface area contributed by atoms with E-state index in [0.29, 0.717) is 0 Å². The zero-order valence-electron chi connectivity index (χ0n) is 46.0. The van der Waals surface area contributed by atoms with Gasteiger partial charge in [0.1, 0.15) is 6.04 Å². The molecule has 0 fully saturated rings. The van der Waals surface area contributed by atoms with Crippen molar-refractivity contribution in [2.75, 3.05) is 62.7 Å². The van der Waals surface area contributed by atoms with Crippen LogP contribution in [0.3, 0.4) is 0 Å². The van der Waals surface area contributed by atoms with E-state index >= 15 is 0 Å². The fraction of sp³-hybridized carbons (Fsp3) is 0.735. The molecule has 0 aromatic rings. The Bertz CT molecular complexity index is 2650. The number of amides is 1. The monoisotopic (exact) mass is 1130 g/mol. The molecule has 0 aromatic carbocycles. The van der Waals surface area contributed by atoms with Crippen LogP contribution >= 0.6 is 34.9 Å². The SMILES string of the molecule is [B]B=S(=B[B])(CC(=O)CCC(CC(=O)CCC(CC(=O)COCCOCCNC(=O)CCC(NCN)C(=O)O)C(=O)CC(CCC(=O)CS(=B[B])(=B[B])B([B])[B])C(=O)CS(=B[B])(=B[B])B([B])[B])C(=O)CS(=B[B])(=B[B])B([B])[B])B([B])[B]. The summed E-state index contributed by atoms with van der Waals surface area (Å²) in [5.41, 5.74) is 5.35. The van der Waals surface area contributed by atoms with Crippen molar-refractivity contribution in [3.8, 4) is 0 Å². The molecule has 15 nitrogen and oxygen atoms in total. The predicted molar refractivity (Wildman–Crippen MR) is 366 cm³/mol. The average molecular weight is 1120 g/mol. The van der Waals surface area contributed by atoms with E-state index in [-0.39, 0.29) is 102 Å². The van der Waals surface area contributed by atoms with Gasteiger partial charge in [-0.1, -0.05) is 0 Å². The van der Waals surface area contributed by atoms with Crippen LogP contribution in [0, 0.1) is 17.8 Å². The van der Waals surface area contributed by atoms with Crippen LogP contribution in [0.25, 0.3) is 0 Å². The Morgan fingerprint density at radius 1 is 0.457 bits per heavy atom. The minimum atomic E-state index is -2.64. The van der Waals surface area contributed by atoms with Gasteiger partial charge < -0.3 is 20.9 Å². The van der Waals surface area contributed by atoms with Crippen LogP contribution in [0.2, 0.25) is 0 Å². The van der Waals surface area contributed by atoms with Crippen LogP contribution in [0.1, 0.15) is 70.6 Å². The number of aliphatic carboxylic acids is 1. The molecule has 4 atom stereocenters. The van der Waals surface area contributed by atoms with E-state index in [1.807, 2.05) is 0 Å².